The Balaban J connectivity index is 1.64. The van der Waals surface area contributed by atoms with E-state index in [1.54, 1.807) is 35.4 Å². The highest BCUT2D eigenvalue weighted by atomic mass is 32.2. The van der Waals surface area contributed by atoms with E-state index in [4.69, 9.17) is 0 Å². The summed E-state index contributed by atoms with van der Waals surface area (Å²) >= 11 is 0. The quantitative estimate of drug-likeness (QED) is 0.676. The molecule has 1 saturated heterocycles. The summed E-state index contributed by atoms with van der Waals surface area (Å²) in [7, 11) is -3.77. The molecule has 0 radical (unpaired) electrons. The fourth-order valence-corrected chi connectivity index (χ4v) is 4.94. The standard InChI is InChI=1S/C23H32N4O3S/c1-18(2)15-22(25-31(29,30)21-8-6-19(3)7-9-21)23(28)27-13-11-26(12-14-27)17-20-5-4-10-24-16-20/h4-10,16,18,22,25H,11-15,17H2,1-3H3. The lowest BCUT2D eigenvalue weighted by atomic mass is 10.0. The summed E-state index contributed by atoms with van der Waals surface area (Å²) < 4.78 is 28.4. The average Bonchev–Trinajstić information content (AvgIpc) is 2.74. The van der Waals surface area contributed by atoms with Gasteiger partial charge in [-0.15, -0.1) is 0 Å². The number of carbonyl (C=O) groups is 1. The molecule has 0 aliphatic carbocycles. The molecule has 1 atom stereocenters. The molecule has 1 aliphatic rings. The molecule has 1 aliphatic heterocycles. The van der Waals surface area contributed by atoms with Gasteiger partial charge in [0.25, 0.3) is 0 Å². The SMILES string of the molecule is Cc1ccc(S(=O)(=O)NC(CC(C)C)C(=O)N2CCN(Cc3cccnc3)CC2)cc1. The first-order valence-corrected chi connectivity index (χ1v) is 12.2. The lowest BCUT2D eigenvalue weighted by molar-refractivity contribution is -0.135. The van der Waals surface area contributed by atoms with Gasteiger partial charge in [-0.2, -0.15) is 4.72 Å². The van der Waals surface area contributed by atoms with E-state index in [0.717, 1.165) is 30.8 Å². The Morgan fingerprint density at radius 2 is 1.77 bits per heavy atom. The van der Waals surface area contributed by atoms with Crippen molar-refractivity contribution < 1.29 is 13.2 Å². The maximum atomic E-state index is 13.2. The maximum Gasteiger partial charge on any atom is 0.241 e. The molecule has 1 amide bonds. The largest absolute Gasteiger partial charge is 0.339 e. The molecule has 0 bridgehead atoms. The molecule has 8 heteroatoms. The van der Waals surface area contributed by atoms with Gasteiger partial charge < -0.3 is 4.90 Å². The van der Waals surface area contributed by atoms with E-state index in [-0.39, 0.29) is 16.7 Å². The second-order valence-corrected chi connectivity index (χ2v) is 10.3. The average molecular weight is 445 g/mol. The molecule has 3 rings (SSSR count). The molecule has 1 N–H and O–H groups in total. The first kappa shape index (κ1) is 23.4. The number of pyridine rings is 1. The predicted molar refractivity (Wildman–Crippen MR) is 121 cm³/mol. The summed E-state index contributed by atoms with van der Waals surface area (Å²) in [5.41, 5.74) is 2.13. The van der Waals surface area contributed by atoms with Crippen LogP contribution in [0.4, 0.5) is 0 Å². The first-order valence-electron chi connectivity index (χ1n) is 10.7. The summed E-state index contributed by atoms with van der Waals surface area (Å²) in [5, 5.41) is 0. The molecule has 168 valence electrons. The molecule has 31 heavy (non-hydrogen) atoms. The third-order valence-corrected chi connectivity index (χ3v) is 6.93. The second kappa shape index (κ2) is 10.3. The maximum absolute atomic E-state index is 13.2. The smallest absolute Gasteiger partial charge is 0.241 e. The van der Waals surface area contributed by atoms with E-state index in [0.29, 0.717) is 19.5 Å². The van der Waals surface area contributed by atoms with Gasteiger partial charge in [0, 0.05) is 45.1 Å². The molecule has 1 aromatic heterocycles. The molecule has 1 fully saturated rings. The Labute approximate surface area is 185 Å². The zero-order valence-electron chi connectivity index (χ0n) is 18.5. The van der Waals surface area contributed by atoms with E-state index in [9.17, 15) is 13.2 Å². The molecule has 1 aromatic carbocycles. The van der Waals surface area contributed by atoms with Crippen LogP contribution in [0.15, 0.2) is 53.7 Å². The number of hydrogen-bond acceptors (Lipinski definition) is 5. The van der Waals surface area contributed by atoms with Gasteiger partial charge in [-0.3, -0.25) is 14.7 Å². The molecular formula is C23H32N4O3S. The van der Waals surface area contributed by atoms with Crippen molar-refractivity contribution in [1.29, 1.82) is 0 Å². The van der Waals surface area contributed by atoms with Crippen molar-refractivity contribution in [1.82, 2.24) is 19.5 Å². The minimum absolute atomic E-state index is 0.148. The van der Waals surface area contributed by atoms with Crippen LogP contribution in [0.1, 0.15) is 31.4 Å². The van der Waals surface area contributed by atoms with Gasteiger partial charge in [-0.1, -0.05) is 37.6 Å². The van der Waals surface area contributed by atoms with Crippen molar-refractivity contribution in [2.75, 3.05) is 26.2 Å². The molecular weight excluding hydrogens is 412 g/mol. The van der Waals surface area contributed by atoms with Crippen LogP contribution < -0.4 is 4.72 Å². The second-order valence-electron chi connectivity index (χ2n) is 8.58. The number of sulfonamides is 1. The highest BCUT2D eigenvalue weighted by Gasteiger charge is 2.31. The molecule has 0 saturated carbocycles. The van der Waals surface area contributed by atoms with Crippen LogP contribution in [0.3, 0.4) is 0 Å². The number of carbonyl (C=O) groups excluding carboxylic acids is 1. The van der Waals surface area contributed by atoms with Crippen molar-refractivity contribution in [3.05, 3.63) is 59.9 Å². The van der Waals surface area contributed by atoms with Gasteiger partial charge in [-0.25, -0.2) is 8.42 Å². The van der Waals surface area contributed by atoms with Gasteiger partial charge >= 0.3 is 0 Å². The van der Waals surface area contributed by atoms with E-state index < -0.39 is 16.1 Å². The minimum atomic E-state index is -3.77. The van der Waals surface area contributed by atoms with E-state index in [1.165, 1.54) is 0 Å². The van der Waals surface area contributed by atoms with Crippen LogP contribution >= 0.6 is 0 Å². The van der Waals surface area contributed by atoms with E-state index in [1.807, 2.05) is 39.1 Å². The van der Waals surface area contributed by atoms with Crippen molar-refractivity contribution >= 4 is 15.9 Å². The topological polar surface area (TPSA) is 82.6 Å². The van der Waals surface area contributed by atoms with Gasteiger partial charge in [0.05, 0.1) is 4.90 Å². The van der Waals surface area contributed by atoms with Crippen LogP contribution in [0.5, 0.6) is 0 Å². The van der Waals surface area contributed by atoms with Crippen LogP contribution in [0, 0.1) is 12.8 Å². The summed E-state index contributed by atoms with van der Waals surface area (Å²) in [5.74, 6) is 0.0342. The number of aromatic nitrogens is 1. The normalized spacial score (nSPS) is 16.5. The zero-order chi connectivity index (χ0) is 22.4. The van der Waals surface area contributed by atoms with Gasteiger partial charge in [-0.05, 0) is 43.0 Å². The summed E-state index contributed by atoms with van der Waals surface area (Å²) in [6.07, 6.45) is 4.07. The van der Waals surface area contributed by atoms with Crippen molar-refractivity contribution in [2.45, 2.75) is 44.7 Å². The number of amides is 1. The van der Waals surface area contributed by atoms with Crippen molar-refractivity contribution in [2.24, 2.45) is 5.92 Å². The molecule has 2 heterocycles. The summed E-state index contributed by atoms with van der Waals surface area (Å²) in [4.78, 5) is 21.6. The Bertz CT molecular complexity index is 954. The summed E-state index contributed by atoms with van der Waals surface area (Å²) in [6, 6.07) is 9.87. The van der Waals surface area contributed by atoms with Gasteiger partial charge in [0.15, 0.2) is 0 Å². The molecule has 0 spiro atoms. The third-order valence-electron chi connectivity index (χ3n) is 5.45. The van der Waals surface area contributed by atoms with Crippen molar-refractivity contribution in [3.8, 4) is 0 Å². The van der Waals surface area contributed by atoms with Crippen molar-refractivity contribution in [3.63, 3.8) is 0 Å². The first-order chi connectivity index (χ1) is 14.7. The predicted octanol–water partition coefficient (Wildman–Crippen LogP) is 2.43. The Morgan fingerprint density at radius 3 is 2.35 bits per heavy atom. The Hall–Kier alpha value is -2.29. The highest BCUT2D eigenvalue weighted by molar-refractivity contribution is 7.89. The molecule has 7 nitrogen and oxygen atoms in total. The zero-order valence-corrected chi connectivity index (χ0v) is 19.3. The number of nitrogens with one attached hydrogen (secondary N) is 1. The van der Waals surface area contributed by atoms with E-state index >= 15 is 0 Å². The molecule has 2 aromatic rings. The van der Waals surface area contributed by atoms with Crippen LogP contribution in [-0.4, -0.2) is 61.3 Å². The number of hydrogen-bond donors (Lipinski definition) is 1. The molecule has 1 unspecified atom stereocenters. The number of rotatable bonds is 8. The number of nitrogens with zero attached hydrogens (tertiary/aromatic N) is 3. The number of aryl methyl sites for hydroxylation is 1. The van der Waals surface area contributed by atoms with Crippen LogP contribution in [0.2, 0.25) is 0 Å². The minimum Gasteiger partial charge on any atom is -0.339 e. The monoisotopic (exact) mass is 444 g/mol. The fraction of sp³-hybridized carbons (Fsp3) is 0.478. The van der Waals surface area contributed by atoms with E-state index in [2.05, 4.69) is 14.6 Å². The lowest BCUT2D eigenvalue weighted by Gasteiger charge is -2.36. The fourth-order valence-electron chi connectivity index (χ4n) is 3.74. The van der Waals surface area contributed by atoms with Gasteiger partial charge in [0.2, 0.25) is 15.9 Å². The Kier molecular flexibility index (Phi) is 7.80. The number of benzene rings is 1. The Morgan fingerprint density at radius 1 is 1.10 bits per heavy atom. The van der Waals surface area contributed by atoms with Crippen LogP contribution in [0.25, 0.3) is 0 Å². The number of piperazine rings is 1. The highest BCUT2D eigenvalue weighted by Crippen LogP contribution is 2.16. The lowest BCUT2D eigenvalue weighted by Crippen LogP contribution is -2.55. The summed E-state index contributed by atoms with van der Waals surface area (Å²) in [6.45, 7) is 9.35. The van der Waals surface area contributed by atoms with Gasteiger partial charge in [0.1, 0.15) is 6.04 Å². The third kappa shape index (κ3) is 6.59. The van der Waals surface area contributed by atoms with Crippen LogP contribution in [-0.2, 0) is 21.4 Å².